The van der Waals surface area contributed by atoms with E-state index in [-0.39, 0.29) is 23.4 Å². The van der Waals surface area contributed by atoms with E-state index in [1.54, 1.807) is 30.0 Å². The van der Waals surface area contributed by atoms with Gasteiger partial charge in [-0.25, -0.2) is 0 Å². The van der Waals surface area contributed by atoms with Gasteiger partial charge < -0.3 is 20.1 Å². The summed E-state index contributed by atoms with van der Waals surface area (Å²) >= 11 is 0. The third-order valence-corrected chi connectivity index (χ3v) is 5.07. The lowest BCUT2D eigenvalue weighted by Crippen LogP contribution is -2.41. The van der Waals surface area contributed by atoms with E-state index in [1.807, 2.05) is 0 Å². The van der Waals surface area contributed by atoms with Gasteiger partial charge in [0, 0.05) is 55.9 Å². The molecule has 3 rings (SSSR count). The number of likely N-dealkylation sites (tertiary alicyclic amines) is 1. The van der Waals surface area contributed by atoms with Crippen molar-refractivity contribution in [3.8, 4) is 0 Å². The smallest absolute Gasteiger partial charge is 0.269 e. The van der Waals surface area contributed by atoms with Crippen molar-refractivity contribution in [3.63, 3.8) is 0 Å². The molecule has 2 aromatic rings. The van der Waals surface area contributed by atoms with Crippen LogP contribution in [0.2, 0.25) is 0 Å². The summed E-state index contributed by atoms with van der Waals surface area (Å²) in [6.45, 7) is 3.48. The summed E-state index contributed by atoms with van der Waals surface area (Å²) in [7, 11) is 0. The molecule has 0 unspecified atom stereocenters. The Morgan fingerprint density at radius 2 is 1.97 bits per heavy atom. The number of piperidine rings is 1. The van der Waals surface area contributed by atoms with E-state index in [2.05, 4.69) is 15.8 Å². The molecule has 0 radical (unpaired) electrons. The maximum Gasteiger partial charge on any atom is 0.269 e. The first kappa shape index (κ1) is 21.3. The number of nitro benzene ring substituents is 1. The third-order valence-electron chi connectivity index (χ3n) is 5.07. The summed E-state index contributed by atoms with van der Waals surface area (Å²) in [4.78, 5) is 36.7. The summed E-state index contributed by atoms with van der Waals surface area (Å²) in [6.07, 6.45) is 2.31. The molecule has 0 saturated carbocycles. The topological polar surface area (TPSA) is 131 Å². The zero-order valence-electron chi connectivity index (χ0n) is 16.8. The van der Waals surface area contributed by atoms with Gasteiger partial charge in [-0.05, 0) is 38.3 Å². The average Bonchev–Trinajstić information content (AvgIpc) is 3.16. The summed E-state index contributed by atoms with van der Waals surface area (Å²) in [5, 5.41) is 20.3. The Balaban J connectivity index is 1.34. The highest BCUT2D eigenvalue weighted by Gasteiger charge is 2.27. The van der Waals surface area contributed by atoms with Gasteiger partial charge in [0.1, 0.15) is 5.76 Å². The number of non-ortho nitro benzene ring substituents is 1. The Morgan fingerprint density at radius 3 is 2.57 bits per heavy atom. The Labute approximate surface area is 173 Å². The van der Waals surface area contributed by atoms with Crippen LogP contribution in [0.3, 0.4) is 0 Å². The molecule has 2 amide bonds. The number of amides is 2. The van der Waals surface area contributed by atoms with E-state index in [9.17, 15) is 19.7 Å². The van der Waals surface area contributed by atoms with Crippen LogP contribution in [0.1, 0.15) is 31.4 Å². The molecule has 2 heterocycles. The standard InChI is InChI=1S/C20H25N5O5/c1-14-13-18(23-30-14)22-20(27)15-8-11-24(12-9-15)19(26)3-2-10-21-16-4-6-17(7-5-16)25(28)29/h4-7,13,15,21H,2-3,8-12H2,1H3,(H,22,23,27). The van der Waals surface area contributed by atoms with E-state index in [1.165, 1.54) is 12.1 Å². The molecule has 1 aromatic carbocycles. The normalized spacial score (nSPS) is 14.4. The van der Waals surface area contributed by atoms with Crippen molar-refractivity contribution in [1.29, 1.82) is 0 Å². The van der Waals surface area contributed by atoms with Gasteiger partial charge in [0.05, 0.1) is 4.92 Å². The number of hydrogen-bond donors (Lipinski definition) is 2. The minimum absolute atomic E-state index is 0.0453. The Hall–Kier alpha value is -3.43. The average molecular weight is 415 g/mol. The first-order chi connectivity index (χ1) is 14.4. The SMILES string of the molecule is Cc1cc(NC(=O)C2CCN(C(=O)CCCNc3ccc([N+](=O)[O-])cc3)CC2)no1. The van der Waals surface area contributed by atoms with Crippen LogP contribution in [0.25, 0.3) is 0 Å². The van der Waals surface area contributed by atoms with E-state index in [0.29, 0.717) is 56.9 Å². The number of aryl methyl sites for hydroxylation is 1. The van der Waals surface area contributed by atoms with Gasteiger partial charge in [0.25, 0.3) is 5.69 Å². The Bertz CT molecular complexity index is 887. The predicted octanol–water partition coefficient (Wildman–Crippen LogP) is 2.96. The van der Waals surface area contributed by atoms with Gasteiger partial charge in [-0.3, -0.25) is 19.7 Å². The lowest BCUT2D eigenvalue weighted by molar-refractivity contribution is -0.384. The van der Waals surface area contributed by atoms with Crippen molar-refractivity contribution >= 4 is 29.0 Å². The molecule has 0 atom stereocenters. The number of anilines is 2. The molecule has 1 aromatic heterocycles. The van der Waals surface area contributed by atoms with Gasteiger partial charge >= 0.3 is 0 Å². The largest absolute Gasteiger partial charge is 0.385 e. The third kappa shape index (κ3) is 5.79. The molecule has 2 N–H and O–H groups in total. The van der Waals surface area contributed by atoms with Crippen molar-refractivity contribution < 1.29 is 19.0 Å². The van der Waals surface area contributed by atoms with Crippen molar-refractivity contribution in [2.75, 3.05) is 30.3 Å². The maximum atomic E-state index is 12.4. The molecule has 1 fully saturated rings. The predicted molar refractivity (Wildman–Crippen MR) is 110 cm³/mol. The molecule has 1 aliphatic heterocycles. The number of rotatable bonds is 8. The molecule has 0 aliphatic carbocycles. The minimum atomic E-state index is -0.440. The lowest BCUT2D eigenvalue weighted by atomic mass is 9.95. The first-order valence-electron chi connectivity index (χ1n) is 9.92. The molecule has 160 valence electrons. The summed E-state index contributed by atoms with van der Waals surface area (Å²) in [6, 6.07) is 7.85. The number of hydrogen-bond acceptors (Lipinski definition) is 7. The van der Waals surface area contributed by atoms with E-state index in [4.69, 9.17) is 4.52 Å². The van der Waals surface area contributed by atoms with Gasteiger partial charge in [-0.1, -0.05) is 5.16 Å². The summed E-state index contributed by atoms with van der Waals surface area (Å²) in [5.41, 5.74) is 0.825. The number of nitrogens with zero attached hydrogens (tertiary/aromatic N) is 3. The van der Waals surface area contributed by atoms with Crippen LogP contribution in [0.15, 0.2) is 34.9 Å². The fraction of sp³-hybridized carbons (Fsp3) is 0.450. The zero-order valence-corrected chi connectivity index (χ0v) is 16.8. The van der Waals surface area contributed by atoms with Crippen molar-refractivity contribution in [1.82, 2.24) is 10.1 Å². The van der Waals surface area contributed by atoms with Crippen molar-refractivity contribution in [2.24, 2.45) is 5.92 Å². The number of carbonyl (C=O) groups excluding carboxylic acids is 2. The fourth-order valence-electron chi connectivity index (χ4n) is 3.38. The number of aromatic nitrogens is 1. The Morgan fingerprint density at radius 1 is 1.27 bits per heavy atom. The minimum Gasteiger partial charge on any atom is -0.385 e. The molecule has 1 saturated heterocycles. The molecule has 0 bridgehead atoms. The van der Waals surface area contributed by atoms with Gasteiger partial charge in [0.2, 0.25) is 11.8 Å². The van der Waals surface area contributed by atoms with Gasteiger partial charge in [-0.2, -0.15) is 0 Å². The second-order valence-electron chi connectivity index (χ2n) is 7.30. The summed E-state index contributed by atoms with van der Waals surface area (Å²) in [5.74, 6) is 0.884. The van der Waals surface area contributed by atoms with Crippen LogP contribution >= 0.6 is 0 Å². The van der Waals surface area contributed by atoms with Crippen molar-refractivity contribution in [2.45, 2.75) is 32.6 Å². The number of nitrogens with one attached hydrogen (secondary N) is 2. The lowest BCUT2D eigenvalue weighted by Gasteiger charge is -2.31. The van der Waals surface area contributed by atoms with E-state index < -0.39 is 4.92 Å². The number of nitro groups is 1. The quantitative estimate of drug-likeness (QED) is 0.385. The molecule has 1 aliphatic rings. The molecular formula is C20H25N5O5. The van der Waals surface area contributed by atoms with Crippen molar-refractivity contribution in [3.05, 3.63) is 46.2 Å². The highest BCUT2D eigenvalue weighted by molar-refractivity contribution is 5.91. The number of benzene rings is 1. The van der Waals surface area contributed by atoms with Crippen LogP contribution in [0.5, 0.6) is 0 Å². The summed E-state index contributed by atoms with van der Waals surface area (Å²) < 4.78 is 4.94. The van der Waals surface area contributed by atoms with Crippen LogP contribution in [0.4, 0.5) is 17.2 Å². The van der Waals surface area contributed by atoms with E-state index >= 15 is 0 Å². The van der Waals surface area contributed by atoms with Crippen LogP contribution in [-0.4, -0.2) is 46.4 Å². The van der Waals surface area contributed by atoms with Crippen LogP contribution < -0.4 is 10.6 Å². The zero-order chi connectivity index (χ0) is 21.5. The van der Waals surface area contributed by atoms with Gasteiger partial charge in [0.15, 0.2) is 5.82 Å². The molecule has 30 heavy (non-hydrogen) atoms. The first-order valence-corrected chi connectivity index (χ1v) is 9.92. The molecule has 10 nitrogen and oxygen atoms in total. The fourth-order valence-corrected chi connectivity index (χ4v) is 3.38. The maximum absolute atomic E-state index is 12.4. The molecule has 10 heteroatoms. The highest BCUT2D eigenvalue weighted by atomic mass is 16.6. The van der Waals surface area contributed by atoms with Crippen LogP contribution in [0, 0.1) is 23.0 Å². The second-order valence-corrected chi connectivity index (χ2v) is 7.30. The van der Waals surface area contributed by atoms with E-state index in [0.717, 1.165) is 5.69 Å². The molecular weight excluding hydrogens is 390 g/mol. The second kappa shape index (κ2) is 9.86. The highest BCUT2D eigenvalue weighted by Crippen LogP contribution is 2.20. The van der Waals surface area contributed by atoms with Crippen LogP contribution in [-0.2, 0) is 9.59 Å². The molecule has 0 spiro atoms. The number of carbonyl (C=O) groups is 2. The van der Waals surface area contributed by atoms with Gasteiger partial charge in [-0.15, -0.1) is 0 Å². The Kier molecular flexibility index (Phi) is 6.99. The monoisotopic (exact) mass is 415 g/mol.